The van der Waals surface area contributed by atoms with Crippen molar-refractivity contribution < 1.29 is 9.90 Å². The Balaban J connectivity index is 1.95. The second kappa shape index (κ2) is 6.62. The van der Waals surface area contributed by atoms with E-state index in [1.807, 2.05) is 23.7 Å². The number of hydrogen-bond donors (Lipinski definition) is 3. The molecule has 0 spiro atoms. The minimum atomic E-state index is -0.354. The van der Waals surface area contributed by atoms with E-state index in [2.05, 4.69) is 34.7 Å². The molecule has 0 aliphatic heterocycles. The van der Waals surface area contributed by atoms with Crippen molar-refractivity contribution in [3.63, 3.8) is 0 Å². The van der Waals surface area contributed by atoms with Gasteiger partial charge in [0.15, 0.2) is 0 Å². The number of rotatable bonds is 4. The number of phenolic OH excluding ortho intramolecular Hbond substituents is 1. The van der Waals surface area contributed by atoms with Crippen molar-refractivity contribution in [3.05, 3.63) is 48.3 Å². The van der Waals surface area contributed by atoms with Gasteiger partial charge in [-0.2, -0.15) is 0 Å². The summed E-state index contributed by atoms with van der Waals surface area (Å²) in [6.45, 7) is 4.45. The first kappa shape index (κ1) is 15.9. The number of carbonyl (C=O) groups is 1. The molecular weight excluding hydrogens is 304 g/mol. The van der Waals surface area contributed by atoms with Crippen LogP contribution in [0.4, 0.5) is 10.5 Å². The Labute approximate surface area is 140 Å². The zero-order valence-electron chi connectivity index (χ0n) is 13.7. The van der Waals surface area contributed by atoms with Crippen LogP contribution in [0.15, 0.2) is 42.7 Å². The molecule has 0 aliphatic carbocycles. The molecule has 3 aromatic rings. The minimum absolute atomic E-state index is 0.0158. The van der Waals surface area contributed by atoms with Gasteiger partial charge in [0.1, 0.15) is 11.4 Å². The van der Waals surface area contributed by atoms with Crippen LogP contribution in [0, 0.1) is 0 Å². The van der Waals surface area contributed by atoms with E-state index in [9.17, 15) is 9.90 Å². The third-order valence-electron chi connectivity index (χ3n) is 3.81. The van der Waals surface area contributed by atoms with Gasteiger partial charge in [-0.25, -0.2) is 9.78 Å². The lowest BCUT2D eigenvalue weighted by molar-refractivity contribution is 0.252. The Morgan fingerprint density at radius 1 is 1.25 bits per heavy atom. The molecule has 0 bridgehead atoms. The molecule has 0 unspecified atom stereocenters. The first-order valence-corrected chi connectivity index (χ1v) is 7.96. The number of aryl methyl sites for hydroxylation is 1. The van der Waals surface area contributed by atoms with E-state index in [-0.39, 0.29) is 11.8 Å². The summed E-state index contributed by atoms with van der Waals surface area (Å²) >= 11 is 0. The molecule has 6 nitrogen and oxygen atoms in total. The number of hydrogen-bond acceptors (Lipinski definition) is 3. The fraction of sp³-hybridized carbons (Fsp3) is 0.222. The fourth-order valence-electron chi connectivity index (χ4n) is 2.51. The van der Waals surface area contributed by atoms with Crippen molar-refractivity contribution in [2.75, 3.05) is 11.9 Å². The Bertz CT molecular complexity index is 886. The average molecular weight is 324 g/mol. The average Bonchev–Trinajstić information content (AvgIpc) is 3.00. The Morgan fingerprint density at radius 3 is 2.83 bits per heavy atom. The number of carbonyl (C=O) groups excluding carboxylic acids is 1. The normalized spacial score (nSPS) is 10.8. The number of benzene rings is 1. The first-order chi connectivity index (χ1) is 11.6. The van der Waals surface area contributed by atoms with Gasteiger partial charge in [0.2, 0.25) is 0 Å². The van der Waals surface area contributed by atoms with Crippen molar-refractivity contribution in [2.45, 2.75) is 20.3 Å². The van der Waals surface area contributed by atoms with Gasteiger partial charge in [0, 0.05) is 24.5 Å². The number of pyridine rings is 1. The predicted octanol–water partition coefficient (Wildman–Crippen LogP) is 3.41. The second-order valence-corrected chi connectivity index (χ2v) is 5.50. The number of amides is 2. The highest BCUT2D eigenvalue weighted by Gasteiger charge is 2.10. The molecule has 0 atom stereocenters. The number of urea groups is 1. The molecule has 3 N–H and O–H groups in total. The number of nitrogens with zero attached hydrogens (tertiary/aromatic N) is 2. The lowest BCUT2D eigenvalue weighted by Crippen LogP contribution is -2.28. The van der Waals surface area contributed by atoms with Crippen LogP contribution in [0.1, 0.15) is 19.4 Å². The van der Waals surface area contributed by atoms with E-state index < -0.39 is 0 Å². The summed E-state index contributed by atoms with van der Waals surface area (Å²) < 4.78 is 1.96. The maximum absolute atomic E-state index is 11.7. The van der Waals surface area contributed by atoms with Crippen molar-refractivity contribution in [3.8, 4) is 17.0 Å². The second-order valence-electron chi connectivity index (χ2n) is 5.50. The van der Waals surface area contributed by atoms with Gasteiger partial charge >= 0.3 is 6.03 Å². The first-order valence-electron chi connectivity index (χ1n) is 7.96. The minimum Gasteiger partial charge on any atom is -0.506 e. The van der Waals surface area contributed by atoms with E-state index in [1.165, 1.54) is 5.56 Å². The van der Waals surface area contributed by atoms with Crippen LogP contribution in [0.25, 0.3) is 16.9 Å². The van der Waals surface area contributed by atoms with E-state index in [1.54, 1.807) is 18.2 Å². The summed E-state index contributed by atoms with van der Waals surface area (Å²) in [6.07, 6.45) is 4.87. The molecule has 2 aromatic heterocycles. The SMILES string of the molecule is CCNC(=O)Nc1cc(-c2cn3ccc(CC)cc3n2)ccc1O. The van der Waals surface area contributed by atoms with Crippen LogP contribution in [0.3, 0.4) is 0 Å². The topological polar surface area (TPSA) is 78.7 Å². The van der Waals surface area contributed by atoms with E-state index in [0.29, 0.717) is 12.2 Å². The number of aromatic hydroxyl groups is 1. The number of imidazole rings is 1. The zero-order valence-corrected chi connectivity index (χ0v) is 13.7. The number of nitrogens with one attached hydrogen (secondary N) is 2. The van der Waals surface area contributed by atoms with Gasteiger partial charge in [-0.3, -0.25) is 0 Å². The summed E-state index contributed by atoms with van der Waals surface area (Å²) in [5.74, 6) is 0.0158. The number of anilines is 1. The molecule has 124 valence electrons. The van der Waals surface area contributed by atoms with Crippen LogP contribution in [-0.2, 0) is 6.42 Å². The standard InChI is InChI=1S/C18H20N4O2/c1-3-12-7-8-22-11-15(20-17(22)9-12)13-5-6-16(23)14(10-13)21-18(24)19-4-2/h5-11,23H,3-4H2,1-2H3,(H2,19,21,24). The highest BCUT2D eigenvalue weighted by molar-refractivity contribution is 5.91. The van der Waals surface area contributed by atoms with Crippen LogP contribution in [0.5, 0.6) is 5.75 Å². The van der Waals surface area contributed by atoms with Gasteiger partial charge < -0.3 is 20.1 Å². The van der Waals surface area contributed by atoms with Gasteiger partial charge in [-0.15, -0.1) is 0 Å². The van der Waals surface area contributed by atoms with Gasteiger partial charge in [0.25, 0.3) is 0 Å². The molecule has 1 aromatic carbocycles. The molecule has 0 saturated carbocycles. The summed E-state index contributed by atoms with van der Waals surface area (Å²) in [6, 6.07) is 8.81. The maximum Gasteiger partial charge on any atom is 0.319 e. The summed E-state index contributed by atoms with van der Waals surface area (Å²) in [5.41, 5.74) is 4.05. The van der Waals surface area contributed by atoms with Gasteiger partial charge in [0.05, 0.1) is 11.4 Å². The molecule has 0 radical (unpaired) electrons. The van der Waals surface area contributed by atoms with Crippen LogP contribution >= 0.6 is 0 Å². The predicted molar refractivity (Wildman–Crippen MR) is 94.4 cm³/mol. The molecule has 3 rings (SSSR count). The van der Waals surface area contributed by atoms with Crippen molar-refractivity contribution in [2.24, 2.45) is 0 Å². The van der Waals surface area contributed by atoms with Gasteiger partial charge in [-0.1, -0.05) is 6.92 Å². The number of aromatic nitrogens is 2. The largest absolute Gasteiger partial charge is 0.506 e. The number of fused-ring (bicyclic) bond motifs is 1. The molecule has 0 aliphatic rings. The van der Waals surface area contributed by atoms with Crippen molar-refractivity contribution >= 4 is 17.4 Å². The third kappa shape index (κ3) is 3.17. The van der Waals surface area contributed by atoms with Crippen molar-refractivity contribution in [1.82, 2.24) is 14.7 Å². The molecule has 0 fully saturated rings. The van der Waals surface area contributed by atoms with E-state index in [4.69, 9.17) is 0 Å². The van der Waals surface area contributed by atoms with E-state index >= 15 is 0 Å². The van der Waals surface area contributed by atoms with Crippen LogP contribution in [-0.4, -0.2) is 27.1 Å². The molecular formula is C18H20N4O2. The highest BCUT2D eigenvalue weighted by atomic mass is 16.3. The maximum atomic E-state index is 11.7. The zero-order chi connectivity index (χ0) is 17.1. The summed E-state index contributed by atoms with van der Waals surface area (Å²) in [5, 5.41) is 15.2. The molecule has 0 saturated heterocycles. The summed E-state index contributed by atoms with van der Waals surface area (Å²) in [4.78, 5) is 16.3. The fourth-order valence-corrected chi connectivity index (χ4v) is 2.51. The third-order valence-corrected chi connectivity index (χ3v) is 3.81. The molecule has 24 heavy (non-hydrogen) atoms. The smallest absolute Gasteiger partial charge is 0.319 e. The quantitative estimate of drug-likeness (QED) is 0.644. The number of phenols is 1. The van der Waals surface area contributed by atoms with Crippen LogP contribution < -0.4 is 10.6 Å². The Hall–Kier alpha value is -3.02. The summed E-state index contributed by atoms with van der Waals surface area (Å²) in [7, 11) is 0. The lowest BCUT2D eigenvalue weighted by atomic mass is 10.1. The molecule has 6 heteroatoms. The lowest BCUT2D eigenvalue weighted by Gasteiger charge is -2.09. The monoisotopic (exact) mass is 324 g/mol. The van der Waals surface area contributed by atoms with E-state index in [0.717, 1.165) is 23.3 Å². The Morgan fingerprint density at radius 2 is 2.08 bits per heavy atom. The molecule has 2 amide bonds. The Kier molecular flexibility index (Phi) is 4.37. The molecule has 2 heterocycles. The van der Waals surface area contributed by atoms with Crippen molar-refractivity contribution in [1.29, 1.82) is 0 Å². The highest BCUT2D eigenvalue weighted by Crippen LogP contribution is 2.29. The van der Waals surface area contributed by atoms with Crippen LogP contribution in [0.2, 0.25) is 0 Å². The van der Waals surface area contributed by atoms with Gasteiger partial charge in [-0.05, 0) is 49.2 Å².